The second-order valence-corrected chi connectivity index (χ2v) is 10.1. The molecule has 1 aliphatic heterocycles. The van der Waals surface area contributed by atoms with Gasteiger partial charge in [0.05, 0.1) is 4.90 Å². The van der Waals surface area contributed by atoms with Crippen LogP contribution < -0.4 is 10.6 Å². The highest BCUT2D eigenvalue weighted by Crippen LogP contribution is 2.16. The number of hydrogen-bond acceptors (Lipinski definition) is 4. The van der Waals surface area contributed by atoms with Gasteiger partial charge in [-0.05, 0) is 61.2 Å². The van der Waals surface area contributed by atoms with E-state index in [2.05, 4.69) is 44.8 Å². The van der Waals surface area contributed by atoms with Crippen LogP contribution >= 0.6 is 0 Å². The van der Waals surface area contributed by atoms with Gasteiger partial charge in [-0.25, -0.2) is 8.42 Å². The molecule has 1 aliphatic rings. The van der Waals surface area contributed by atoms with Crippen LogP contribution in [0.15, 0.2) is 58.4 Å². The zero-order valence-corrected chi connectivity index (χ0v) is 19.4. The molecule has 0 unspecified atom stereocenters. The Morgan fingerprint density at radius 3 is 2.29 bits per heavy atom. The molecule has 3 rings (SSSR count). The van der Waals surface area contributed by atoms with Crippen LogP contribution in [0.5, 0.6) is 0 Å². The van der Waals surface area contributed by atoms with Gasteiger partial charge in [-0.2, -0.15) is 0 Å². The summed E-state index contributed by atoms with van der Waals surface area (Å²) in [6.45, 7) is 4.83. The van der Waals surface area contributed by atoms with E-state index in [1.807, 2.05) is 12.1 Å². The van der Waals surface area contributed by atoms with Crippen molar-refractivity contribution in [2.45, 2.75) is 43.7 Å². The third kappa shape index (κ3) is 7.36. The summed E-state index contributed by atoms with van der Waals surface area (Å²) < 4.78 is 23.1. The summed E-state index contributed by atoms with van der Waals surface area (Å²) in [6.07, 6.45) is 5.96. The zero-order chi connectivity index (χ0) is 22.1. The SMILES string of the molecule is CN=C(NCCc1ccc(S(C)(=O)=O)cc1)NCc1ccccc1CN1CCCCC1. The Hall–Kier alpha value is -2.38. The summed E-state index contributed by atoms with van der Waals surface area (Å²) in [7, 11) is -1.38. The molecule has 6 nitrogen and oxygen atoms in total. The summed E-state index contributed by atoms with van der Waals surface area (Å²) in [5.41, 5.74) is 3.76. The average Bonchev–Trinajstić information content (AvgIpc) is 2.77. The predicted octanol–water partition coefficient (Wildman–Crippen LogP) is 2.98. The Labute approximate surface area is 186 Å². The van der Waals surface area contributed by atoms with Gasteiger partial charge < -0.3 is 10.6 Å². The van der Waals surface area contributed by atoms with Gasteiger partial charge in [-0.3, -0.25) is 9.89 Å². The highest BCUT2D eigenvalue weighted by atomic mass is 32.2. The number of benzene rings is 2. The lowest BCUT2D eigenvalue weighted by Gasteiger charge is -2.27. The van der Waals surface area contributed by atoms with E-state index in [1.54, 1.807) is 19.2 Å². The lowest BCUT2D eigenvalue weighted by Crippen LogP contribution is -2.38. The summed E-state index contributed by atoms with van der Waals surface area (Å²) >= 11 is 0. The molecule has 0 saturated carbocycles. The Bertz CT molecular complexity index is 965. The molecule has 1 heterocycles. The van der Waals surface area contributed by atoms with E-state index < -0.39 is 9.84 Å². The number of guanidine groups is 1. The van der Waals surface area contributed by atoms with Crippen molar-refractivity contribution in [3.8, 4) is 0 Å². The molecule has 2 N–H and O–H groups in total. The van der Waals surface area contributed by atoms with E-state index in [9.17, 15) is 8.42 Å². The maximum absolute atomic E-state index is 11.6. The van der Waals surface area contributed by atoms with Crippen molar-refractivity contribution >= 4 is 15.8 Å². The molecule has 0 radical (unpaired) electrons. The first kappa shape index (κ1) is 23.3. The van der Waals surface area contributed by atoms with Gasteiger partial charge in [0, 0.05) is 32.9 Å². The molecule has 0 spiro atoms. The van der Waals surface area contributed by atoms with Crippen LogP contribution in [0.3, 0.4) is 0 Å². The number of likely N-dealkylation sites (tertiary alicyclic amines) is 1. The first-order chi connectivity index (χ1) is 15.0. The molecule has 2 aromatic carbocycles. The van der Waals surface area contributed by atoms with E-state index in [-0.39, 0.29) is 0 Å². The van der Waals surface area contributed by atoms with Crippen molar-refractivity contribution in [3.05, 3.63) is 65.2 Å². The molecule has 0 atom stereocenters. The second kappa shape index (κ2) is 11.3. The minimum Gasteiger partial charge on any atom is -0.356 e. The van der Waals surface area contributed by atoms with Gasteiger partial charge in [-0.1, -0.05) is 42.8 Å². The fourth-order valence-electron chi connectivity index (χ4n) is 3.87. The molecule has 0 amide bonds. The van der Waals surface area contributed by atoms with Crippen molar-refractivity contribution in [2.75, 3.05) is 32.9 Å². The number of aliphatic imine (C=N–C) groups is 1. The van der Waals surface area contributed by atoms with E-state index in [1.165, 1.54) is 49.7 Å². The summed E-state index contributed by atoms with van der Waals surface area (Å²) in [4.78, 5) is 7.23. The van der Waals surface area contributed by atoms with E-state index in [4.69, 9.17) is 0 Å². The van der Waals surface area contributed by atoms with Gasteiger partial charge >= 0.3 is 0 Å². The van der Waals surface area contributed by atoms with Crippen LogP contribution in [0.25, 0.3) is 0 Å². The van der Waals surface area contributed by atoms with Crippen LogP contribution in [0, 0.1) is 0 Å². The monoisotopic (exact) mass is 442 g/mol. The van der Waals surface area contributed by atoms with Gasteiger partial charge in [0.2, 0.25) is 0 Å². The Kier molecular flexibility index (Phi) is 8.49. The molecule has 1 fully saturated rings. The third-order valence-corrected chi connectivity index (χ3v) is 6.82. The Morgan fingerprint density at radius 2 is 1.65 bits per heavy atom. The summed E-state index contributed by atoms with van der Waals surface area (Å²) in [5, 5.41) is 6.76. The van der Waals surface area contributed by atoms with Crippen LogP contribution in [0.1, 0.15) is 36.0 Å². The van der Waals surface area contributed by atoms with Crippen molar-refractivity contribution in [1.82, 2.24) is 15.5 Å². The fourth-order valence-corrected chi connectivity index (χ4v) is 4.50. The quantitative estimate of drug-likeness (QED) is 0.486. The van der Waals surface area contributed by atoms with Gasteiger partial charge in [-0.15, -0.1) is 0 Å². The largest absolute Gasteiger partial charge is 0.356 e. The van der Waals surface area contributed by atoms with Crippen molar-refractivity contribution in [1.29, 1.82) is 0 Å². The predicted molar refractivity (Wildman–Crippen MR) is 127 cm³/mol. The van der Waals surface area contributed by atoms with Gasteiger partial charge in [0.15, 0.2) is 15.8 Å². The number of hydrogen-bond donors (Lipinski definition) is 2. The van der Waals surface area contributed by atoms with Crippen molar-refractivity contribution in [2.24, 2.45) is 4.99 Å². The molecule has 31 heavy (non-hydrogen) atoms. The minimum atomic E-state index is -3.15. The van der Waals surface area contributed by atoms with E-state index in [0.29, 0.717) is 11.4 Å². The standard InChI is InChI=1S/C24H34N4O2S/c1-25-24(26-15-14-20-10-12-23(13-11-20)31(2,29)30)27-18-21-8-4-5-9-22(21)19-28-16-6-3-7-17-28/h4-5,8-13H,3,6-7,14-19H2,1-2H3,(H2,25,26,27). The lowest BCUT2D eigenvalue weighted by molar-refractivity contribution is 0.220. The van der Waals surface area contributed by atoms with Crippen LogP contribution in [0.4, 0.5) is 0 Å². The van der Waals surface area contributed by atoms with E-state index >= 15 is 0 Å². The van der Waals surface area contributed by atoms with E-state index in [0.717, 1.165) is 31.0 Å². The number of sulfone groups is 1. The van der Waals surface area contributed by atoms with Crippen molar-refractivity contribution < 1.29 is 8.42 Å². The highest BCUT2D eigenvalue weighted by Gasteiger charge is 2.12. The maximum atomic E-state index is 11.6. The number of nitrogens with zero attached hydrogens (tertiary/aromatic N) is 2. The molecular formula is C24H34N4O2S. The first-order valence-electron chi connectivity index (χ1n) is 11.0. The molecule has 0 aromatic heterocycles. The lowest BCUT2D eigenvalue weighted by atomic mass is 10.0. The molecule has 7 heteroatoms. The molecular weight excluding hydrogens is 408 g/mol. The molecule has 168 valence electrons. The topological polar surface area (TPSA) is 73.8 Å². The zero-order valence-electron chi connectivity index (χ0n) is 18.6. The average molecular weight is 443 g/mol. The Balaban J connectivity index is 1.48. The molecule has 0 aliphatic carbocycles. The van der Waals surface area contributed by atoms with Crippen LogP contribution in [-0.2, 0) is 29.3 Å². The number of nitrogens with one attached hydrogen (secondary N) is 2. The third-order valence-electron chi connectivity index (χ3n) is 5.69. The summed E-state index contributed by atoms with van der Waals surface area (Å²) in [5.74, 6) is 0.764. The molecule has 2 aromatic rings. The Morgan fingerprint density at radius 1 is 0.968 bits per heavy atom. The summed E-state index contributed by atoms with van der Waals surface area (Å²) in [6, 6.07) is 15.7. The normalized spacial score (nSPS) is 15.6. The van der Waals surface area contributed by atoms with Crippen LogP contribution in [0.2, 0.25) is 0 Å². The minimum absolute atomic E-state index is 0.352. The molecule has 0 bridgehead atoms. The van der Waals surface area contributed by atoms with Crippen molar-refractivity contribution in [3.63, 3.8) is 0 Å². The van der Waals surface area contributed by atoms with Gasteiger partial charge in [0.1, 0.15) is 0 Å². The highest BCUT2D eigenvalue weighted by molar-refractivity contribution is 7.90. The second-order valence-electron chi connectivity index (χ2n) is 8.12. The smallest absolute Gasteiger partial charge is 0.191 e. The maximum Gasteiger partial charge on any atom is 0.191 e. The fraction of sp³-hybridized carbons (Fsp3) is 0.458. The van der Waals surface area contributed by atoms with Crippen LogP contribution in [-0.4, -0.2) is 52.2 Å². The number of rotatable bonds is 8. The van der Waals surface area contributed by atoms with Gasteiger partial charge in [0.25, 0.3) is 0 Å². The first-order valence-corrected chi connectivity index (χ1v) is 12.9. The molecule has 1 saturated heterocycles. The number of piperidine rings is 1.